The Morgan fingerprint density at radius 3 is 1.54 bits per heavy atom. The van der Waals surface area contributed by atoms with E-state index in [1.54, 1.807) is 24.3 Å². The highest BCUT2D eigenvalue weighted by Gasteiger charge is 2.09. The molecule has 24 heavy (non-hydrogen) atoms. The Morgan fingerprint density at radius 1 is 0.833 bits per heavy atom. The molecule has 1 aromatic carbocycles. The molecule has 1 rings (SSSR count). The number of anilines is 2. The van der Waals surface area contributed by atoms with E-state index < -0.39 is 12.1 Å². The Labute approximate surface area is 148 Å². The Hall–Kier alpha value is -2.54. The summed E-state index contributed by atoms with van der Waals surface area (Å²) in [6, 6.07) is 5.63. The normalized spacial score (nSPS) is 9.42. The number of para-hydroxylation sites is 2. The molecule has 6 N–H and O–H groups in total. The quantitative estimate of drug-likeness (QED) is 0.339. The number of carbonyl (C=O) groups excluding carboxylic acids is 2. The van der Waals surface area contributed by atoms with Crippen LogP contribution in [0.15, 0.2) is 24.3 Å². The first kappa shape index (κ1) is 19.5. The zero-order valence-electron chi connectivity index (χ0n) is 12.8. The summed E-state index contributed by atoms with van der Waals surface area (Å²) in [5.41, 5.74) is 5.17. The van der Waals surface area contributed by atoms with E-state index in [1.807, 2.05) is 0 Å². The van der Waals surface area contributed by atoms with Crippen molar-refractivity contribution in [2.24, 2.45) is 0 Å². The second-order valence-corrected chi connectivity index (χ2v) is 4.79. The molecule has 0 bridgehead atoms. The van der Waals surface area contributed by atoms with Gasteiger partial charge < -0.3 is 10.6 Å². The number of carbonyl (C=O) groups is 2. The van der Waals surface area contributed by atoms with Crippen molar-refractivity contribution in [2.75, 3.05) is 24.9 Å². The van der Waals surface area contributed by atoms with E-state index in [-0.39, 0.29) is 10.2 Å². The van der Waals surface area contributed by atoms with Crippen molar-refractivity contribution in [3.63, 3.8) is 0 Å². The molecule has 0 aromatic heterocycles. The molecule has 4 amide bonds. The van der Waals surface area contributed by atoms with Crippen molar-refractivity contribution >= 4 is 58.1 Å². The SMILES string of the molecule is CONC(=O)NC(=S)Nc1ccccc1NC(=S)NC(=O)NOC. The zero-order chi connectivity index (χ0) is 17.9. The first-order valence-electron chi connectivity index (χ1n) is 6.37. The number of nitrogens with one attached hydrogen (secondary N) is 6. The minimum atomic E-state index is -0.631. The number of benzene rings is 1. The van der Waals surface area contributed by atoms with Crippen LogP contribution in [0.5, 0.6) is 0 Å². The van der Waals surface area contributed by atoms with Gasteiger partial charge in [-0.3, -0.25) is 20.3 Å². The Morgan fingerprint density at radius 2 is 1.21 bits per heavy atom. The van der Waals surface area contributed by atoms with Gasteiger partial charge in [0.1, 0.15) is 0 Å². The standard InChI is InChI=1S/C12H16N6O4S2/c1-21-17-9(19)15-11(23)13-7-5-3-4-6-8(7)14-12(24)16-10(20)18-22-2/h3-6H,1-2H3,(H3,13,15,17,19,23)(H3,14,16,18,20,24). The van der Waals surface area contributed by atoms with Gasteiger partial charge in [0, 0.05) is 0 Å². The molecule has 0 atom stereocenters. The van der Waals surface area contributed by atoms with Gasteiger partial charge >= 0.3 is 12.1 Å². The molecule has 0 aliphatic rings. The number of rotatable bonds is 4. The lowest BCUT2D eigenvalue weighted by Gasteiger charge is -2.15. The summed E-state index contributed by atoms with van der Waals surface area (Å²) in [5, 5.41) is 10.4. The molecular formula is C12H16N6O4S2. The first-order chi connectivity index (χ1) is 11.5. The minimum absolute atomic E-state index is 0.0369. The Bertz CT molecular complexity index is 574. The van der Waals surface area contributed by atoms with Gasteiger partial charge in [-0.2, -0.15) is 0 Å². The Kier molecular flexibility index (Phi) is 8.35. The van der Waals surface area contributed by atoms with Crippen molar-refractivity contribution < 1.29 is 19.3 Å². The number of hydrogen-bond acceptors (Lipinski definition) is 6. The molecule has 130 valence electrons. The third-order valence-electron chi connectivity index (χ3n) is 2.27. The van der Waals surface area contributed by atoms with Gasteiger partial charge in [0.05, 0.1) is 25.6 Å². The summed E-state index contributed by atoms with van der Waals surface area (Å²) in [7, 11) is 2.59. The highest BCUT2D eigenvalue weighted by atomic mass is 32.1. The summed E-state index contributed by atoms with van der Waals surface area (Å²) >= 11 is 10.0. The molecule has 0 aliphatic carbocycles. The number of hydrogen-bond donors (Lipinski definition) is 6. The van der Waals surface area contributed by atoms with E-state index in [0.717, 1.165) is 0 Å². The first-order valence-corrected chi connectivity index (χ1v) is 7.19. The van der Waals surface area contributed by atoms with E-state index in [0.29, 0.717) is 11.4 Å². The van der Waals surface area contributed by atoms with Gasteiger partial charge in [-0.05, 0) is 36.6 Å². The van der Waals surface area contributed by atoms with E-state index in [1.165, 1.54) is 14.2 Å². The second kappa shape index (κ2) is 10.3. The van der Waals surface area contributed by atoms with Crippen LogP contribution in [0.2, 0.25) is 0 Å². The van der Waals surface area contributed by atoms with Crippen molar-refractivity contribution in [3.8, 4) is 0 Å². The molecule has 12 heteroatoms. The minimum Gasteiger partial charge on any atom is -0.331 e. The van der Waals surface area contributed by atoms with E-state index in [2.05, 4.69) is 41.9 Å². The maximum absolute atomic E-state index is 11.3. The van der Waals surface area contributed by atoms with Crippen LogP contribution in [-0.4, -0.2) is 36.5 Å². The fourth-order valence-corrected chi connectivity index (χ4v) is 1.86. The van der Waals surface area contributed by atoms with E-state index in [9.17, 15) is 9.59 Å². The summed E-state index contributed by atoms with van der Waals surface area (Å²) in [4.78, 5) is 31.5. The van der Waals surface area contributed by atoms with Crippen molar-refractivity contribution in [1.29, 1.82) is 0 Å². The maximum Gasteiger partial charge on any atom is 0.344 e. The fourth-order valence-electron chi connectivity index (χ4n) is 1.45. The topological polar surface area (TPSA) is 125 Å². The molecule has 0 fully saturated rings. The third-order valence-corrected chi connectivity index (χ3v) is 2.68. The lowest BCUT2D eigenvalue weighted by Crippen LogP contribution is -2.42. The largest absolute Gasteiger partial charge is 0.344 e. The molecule has 10 nitrogen and oxygen atoms in total. The van der Waals surface area contributed by atoms with Crippen molar-refractivity contribution in [2.45, 2.75) is 0 Å². The number of urea groups is 2. The van der Waals surface area contributed by atoms with Crippen LogP contribution in [0.25, 0.3) is 0 Å². The van der Waals surface area contributed by atoms with E-state index in [4.69, 9.17) is 24.4 Å². The van der Waals surface area contributed by atoms with Crippen molar-refractivity contribution in [3.05, 3.63) is 24.3 Å². The van der Waals surface area contributed by atoms with Crippen molar-refractivity contribution in [1.82, 2.24) is 21.6 Å². The average Bonchev–Trinajstić information content (AvgIpc) is 2.49. The van der Waals surface area contributed by atoms with Crippen LogP contribution >= 0.6 is 24.4 Å². The molecule has 1 aromatic rings. The molecule has 0 spiro atoms. The predicted molar refractivity (Wildman–Crippen MR) is 96.2 cm³/mol. The highest BCUT2D eigenvalue weighted by molar-refractivity contribution is 7.80. The Balaban J connectivity index is 2.67. The molecule has 0 aliphatic heterocycles. The van der Waals surface area contributed by atoms with Gasteiger partial charge in [-0.25, -0.2) is 20.5 Å². The van der Waals surface area contributed by atoms with E-state index >= 15 is 0 Å². The monoisotopic (exact) mass is 372 g/mol. The lowest BCUT2D eigenvalue weighted by molar-refractivity contribution is 0.110. The molecular weight excluding hydrogens is 356 g/mol. The highest BCUT2D eigenvalue weighted by Crippen LogP contribution is 2.20. The lowest BCUT2D eigenvalue weighted by atomic mass is 10.2. The van der Waals surface area contributed by atoms with Crippen LogP contribution in [0, 0.1) is 0 Å². The van der Waals surface area contributed by atoms with Crippen LogP contribution in [0.4, 0.5) is 21.0 Å². The molecule has 0 radical (unpaired) electrons. The average molecular weight is 372 g/mol. The number of thiocarbonyl (C=S) groups is 2. The summed E-state index contributed by atoms with van der Waals surface area (Å²) < 4.78 is 0. The van der Waals surface area contributed by atoms with Crippen LogP contribution in [0.3, 0.4) is 0 Å². The molecule has 0 saturated carbocycles. The maximum atomic E-state index is 11.3. The van der Waals surface area contributed by atoms with Gasteiger partial charge in [-0.15, -0.1) is 0 Å². The summed E-state index contributed by atoms with van der Waals surface area (Å²) in [6.07, 6.45) is 0. The molecule has 0 unspecified atom stereocenters. The summed E-state index contributed by atoms with van der Waals surface area (Å²) in [6.45, 7) is 0. The van der Waals surface area contributed by atoms with Gasteiger partial charge in [-0.1, -0.05) is 12.1 Å². The second-order valence-electron chi connectivity index (χ2n) is 3.97. The fraction of sp³-hybridized carbons (Fsp3) is 0.167. The molecule has 0 heterocycles. The third kappa shape index (κ3) is 7.15. The van der Waals surface area contributed by atoms with Crippen LogP contribution in [0.1, 0.15) is 0 Å². The zero-order valence-corrected chi connectivity index (χ0v) is 14.4. The van der Waals surface area contributed by atoms with Gasteiger partial charge in [0.25, 0.3) is 0 Å². The van der Waals surface area contributed by atoms with Gasteiger partial charge in [0.15, 0.2) is 10.2 Å². The van der Waals surface area contributed by atoms with Crippen LogP contribution < -0.4 is 32.2 Å². The smallest absolute Gasteiger partial charge is 0.331 e. The summed E-state index contributed by atoms with van der Waals surface area (Å²) in [5.74, 6) is 0. The van der Waals surface area contributed by atoms with Crippen LogP contribution in [-0.2, 0) is 9.68 Å². The number of hydroxylamine groups is 2. The van der Waals surface area contributed by atoms with Gasteiger partial charge in [0.2, 0.25) is 0 Å². The molecule has 0 saturated heterocycles. The number of amides is 4. The predicted octanol–water partition coefficient (Wildman–Crippen LogP) is 0.801.